The zero-order valence-electron chi connectivity index (χ0n) is 20.8. The summed E-state index contributed by atoms with van der Waals surface area (Å²) >= 11 is 0. The summed E-state index contributed by atoms with van der Waals surface area (Å²) < 4.78 is 52.1. The molecule has 4 atom stereocenters. The van der Waals surface area contributed by atoms with Crippen LogP contribution in [-0.4, -0.2) is 41.6 Å². The summed E-state index contributed by atoms with van der Waals surface area (Å²) in [4.78, 5) is 13.7. The van der Waals surface area contributed by atoms with Gasteiger partial charge in [0.25, 0.3) is 5.91 Å². The molecule has 2 aliphatic carbocycles. The Balaban J connectivity index is 1.42. The zero-order chi connectivity index (χ0) is 26.2. The molecule has 0 bridgehead atoms. The molecule has 1 heterocycles. The number of fused-ring (bicyclic) bond motifs is 1. The fourth-order valence-electron chi connectivity index (χ4n) is 5.06. The van der Waals surface area contributed by atoms with Crippen molar-refractivity contribution in [3.05, 3.63) is 70.8 Å². The van der Waals surface area contributed by atoms with Crippen molar-refractivity contribution in [1.82, 2.24) is 5.32 Å². The molecule has 0 radical (unpaired) electrons. The summed E-state index contributed by atoms with van der Waals surface area (Å²) in [7, 11) is 0. The number of halogens is 2. The van der Waals surface area contributed by atoms with Crippen LogP contribution >= 0.6 is 0 Å². The summed E-state index contributed by atoms with van der Waals surface area (Å²) in [5.41, 5.74) is 0.307. The molecule has 1 amide bonds. The average Bonchev–Trinajstić information content (AvgIpc) is 3.63. The topological polar surface area (TPSA) is 89.8 Å². The van der Waals surface area contributed by atoms with E-state index in [-0.39, 0.29) is 38.0 Å². The third-order valence-electron chi connectivity index (χ3n) is 7.07. The van der Waals surface area contributed by atoms with E-state index in [9.17, 15) is 18.8 Å². The lowest BCUT2D eigenvalue weighted by Gasteiger charge is -2.43. The van der Waals surface area contributed by atoms with E-state index < -0.39 is 41.3 Å². The van der Waals surface area contributed by atoms with E-state index in [0.717, 1.165) is 25.0 Å². The number of rotatable bonds is 8. The highest BCUT2D eigenvalue weighted by molar-refractivity contribution is 5.86. The van der Waals surface area contributed by atoms with Crippen LogP contribution in [0.5, 0.6) is 0 Å². The summed E-state index contributed by atoms with van der Waals surface area (Å²) in [6.07, 6.45) is 0.655. The Kier molecular flexibility index (Phi) is 7.03. The molecular weight excluding hydrogens is 482 g/mol. The SMILES string of the molecule is CC1(C)O[C@H]2[C@H](OCc3ccc(F)c(F)c3)C[C@](OCc3ccccc3C#N)(C(=O)NC3CC3)C[C@H]2O1. The first-order chi connectivity index (χ1) is 17.7. The first-order valence-corrected chi connectivity index (χ1v) is 12.5. The molecule has 196 valence electrons. The van der Waals surface area contributed by atoms with Crippen LogP contribution in [0.4, 0.5) is 8.78 Å². The van der Waals surface area contributed by atoms with Gasteiger partial charge in [0.2, 0.25) is 0 Å². The van der Waals surface area contributed by atoms with E-state index in [4.69, 9.17) is 18.9 Å². The van der Waals surface area contributed by atoms with Crippen LogP contribution in [0.3, 0.4) is 0 Å². The van der Waals surface area contributed by atoms with Gasteiger partial charge in [-0.15, -0.1) is 0 Å². The van der Waals surface area contributed by atoms with E-state index in [1.54, 1.807) is 32.0 Å². The molecule has 7 nitrogen and oxygen atoms in total. The van der Waals surface area contributed by atoms with Gasteiger partial charge >= 0.3 is 0 Å². The molecule has 1 N–H and O–H groups in total. The lowest BCUT2D eigenvalue weighted by Crippen LogP contribution is -2.60. The fourth-order valence-corrected chi connectivity index (χ4v) is 5.06. The minimum Gasteiger partial charge on any atom is -0.371 e. The molecule has 3 aliphatic rings. The van der Waals surface area contributed by atoms with Crippen molar-refractivity contribution >= 4 is 5.91 Å². The van der Waals surface area contributed by atoms with Gasteiger partial charge in [0.05, 0.1) is 37.1 Å². The highest BCUT2D eigenvalue weighted by Crippen LogP contribution is 2.44. The number of benzene rings is 2. The molecule has 1 aliphatic heterocycles. The van der Waals surface area contributed by atoms with Crippen molar-refractivity contribution in [1.29, 1.82) is 5.26 Å². The minimum atomic E-state index is -1.30. The maximum Gasteiger partial charge on any atom is 0.252 e. The van der Waals surface area contributed by atoms with Crippen LogP contribution < -0.4 is 5.32 Å². The number of ether oxygens (including phenoxy) is 4. The van der Waals surface area contributed by atoms with Crippen molar-refractivity contribution in [2.75, 3.05) is 0 Å². The van der Waals surface area contributed by atoms with Crippen LogP contribution in [-0.2, 0) is 37.0 Å². The number of carbonyl (C=O) groups excluding carboxylic acids is 1. The van der Waals surface area contributed by atoms with E-state index in [2.05, 4.69) is 11.4 Å². The molecule has 2 aromatic rings. The Morgan fingerprint density at radius 3 is 2.62 bits per heavy atom. The van der Waals surface area contributed by atoms with Gasteiger partial charge in [-0.25, -0.2) is 8.78 Å². The number of hydrogen-bond acceptors (Lipinski definition) is 6. The second-order valence-electron chi connectivity index (χ2n) is 10.4. The first-order valence-electron chi connectivity index (χ1n) is 12.5. The lowest BCUT2D eigenvalue weighted by atomic mass is 9.78. The van der Waals surface area contributed by atoms with Gasteiger partial charge in [-0.1, -0.05) is 24.3 Å². The number of carbonyl (C=O) groups is 1. The quantitative estimate of drug-likeness (QED) is 0.568. The van der Waals surface area contributed by atoms with E-state index >= 15 is 0 Å². The maximum absolute atomic E-state index is 13.8. The molecule has 0 aromatic heterocycles. The van der Waals surface area contributed by atoms with Gasteiger partial charge in [-0.3, -0.25) is 4.79 Å². The number of amides is 1. The predicted molar refractivity (Wildman–Crippen MR) is 128 cm³/mol. The third-order valence-corrected chi connectivity index (χ3v) is 7.07. The molecule has 2 aromatic carbocycles. The fraction of sp³-hybridized carbons (Fsp3) is 0.500. The normalized spacial score (nSPS) is 28.4. The third kappa shape index (κ3) is 5.68. The van der Waals surface area contributed by atoms with Crippen molar-refractivity contribution in [2.24, 2.45) is 0 Å². The van der Waals surface area contributed by atoms with Gasteiger partial charge < -0.3 is 24.3 Å². The number of nitrogens with one attached hydrogen (secondary N) is 1. The second-order valence-corrected chi connectivity index (χ2v) is 10.4. The van der Waals surface area contributed by atoms with Crippen molar-refractivity contribution in [2.45, 2.75) is 88.5 Å². The summed E-state index contributed by atoms with van der Waals surface area (Å²) in [5.74, 6) is -3.04. The van der Waals surface area contributed by atoms with Crippen LogP contribution in [0.25, 0.3) is 0 Å². The van der Waals surface area contributed by atoms with Crippen LogP contribution in [0, 0.1) is 23.0 Å². The van der Waals surface area contributed by atoms with Gasteiger partial charge in [0.1, 0.15) is 6.10 Å². The Morgan fingerprint density at radius 2 is 1.89 bits per heavy atom. The lowest BCUT2D eigenvalue weighted by molar-refractivity contribution is -0.183. The summed E-state index contributed by atoms with van der Waals surface area (Å²) in [5, 5.41) is 12.6. The Labute approximate surface area is 214 Å². The van der Waals surface area contributed by atoms with Gasteiger partial charge in [0.15, 0.2) is 23.0 Å². The average molecular weight is 513 g/mol. The molecule has 3 fully saturated rings. The highest BCUT2D eigenvalue weighted by atomic mass is 19.2. The predicted octanol–water partition coefficient (Wildman–Crippen LogP) is 4.27. The molecule has 37 heavy (non-hydrogen) atoms. The van der Waals surface area contributed by atoms with Crippen LogP contribution in [0.2, 0.25) is 0 Å². The standard InChI is InChI=1S/C28H30F2N2O5/c1-27(2)36-24-13-28(26(33)32-20-8-9-20,35-16-19-6-4-3-5-18(19)14-31)12-23(25(24)37-27)34-15-17-7-10-21(29)22(30)11-17/h3-7,10-11,20,23-25H,8-9,12-13,15-16H2,1-2H3,(H,32,33)/t23-,24-,25+,28-/m1/s1. The molecule has 0 unspecified atom stereocenters. The molecule has 1 saturated heterocycles. The monoisotopic (exact) mass is 512 g/mol. The highest BCUT2D eigenvalue weighted by Gasteiger charge is 2.58. The van der Waals surface area contributed by atoms with E-state index in [1.165, 1.54) is 6.07 Å². The summed E-state index contributed by atoms with van der Waals surface area (Å²) in [6.45, 7) is 3.65. The van der Waals surface area contributed by atoms with Gasteiger partial charge in [0, 0.05) is 18.9 Å². The number of nitriles is 1. The van der Waals surface area contributed by atoms with Gasteiger partial charge in [-0.2, -0.15) is 5.26 Å². The Morgan fingerprint density at radius 1 is 1.11 bits per heavy atom. The molecule has 5 rings (SSSR count). The minimum absolute atomic E-state index is 0.00748. The van der Waals surface area contributed by atoms with E-state index in [0.29, 0.717) is 16.7 Å². The number of nitrogens with zero attached hydrogens (tertiary/aromatic N) is 1. The Bertz CT molecular complexity index is 1210. The smallest absolute Gasteiger partial charge is 0.252 e. The van der Waals surface area contributed by atoms with E-state index in [1.807, 2.05) is 6.07 Å². The first kappa shape index (κ1) is 25.7. The Hall–Kier alpha value is -2.90. The molecule has 9 heteroatoms. The largest absolute Gasteiger partial charge is 0.371 e. The maximum atomic E-state index is 13.8. The van der Waals surface area contributed by atoms with Gasteiger partial charge in [-0.05, 0) is 56.0 Å². The van der Waals surface area contributed by atoms with Crippen molar-refractivity contribution < 1.29 is 32.5 Å². The molecular formula is C28H30F2N2O5. The number of hydrogen-bond donors (Lipinski definition) is 1. The van der Waals surface area contributed by atoms with Crippen LogP contribution in [0.1, 0.15) is 56.2 Å². The van der Waals surface area contributed by atoms with Crippen LogP contribution in [0.15, 0.2) is 42.5 Å². The molecule has 0 spiro atoms. The summed E-state index contributed by atoms with van der Waals surface area (Å²) in [6, 6.07) is 13.0. The molecule has 2 saturated carbocycles. The second kappa shape index (κ2) is 10.1. The zero-order valence-corrected chi connectivity index (χ0v) is 20.8. The van der Waals surface area contributed by atoms with Crippen molar-refractivity contribution in [3.8, 4) is 6.07 Å². The van der Waals surface area contributed by atoms with Crippen molar-refractivity contribution in [3.63, 3.8) is 0 Å².